The summed E-state index contributed by atoms with van der Waals surface area (Å²) in [6.07, 6.45) is 10.4. The van der Waals surface area contributed by atoms with E-state index >= 15 is 0 Å². The van der Waals surface area contributed by atoms with Crippen molar-refractivity contribution in [1.29, 1.82) is 5.26 Å². The first-order valence-corrected chi connectivity index (χ1v) is 9.88. The fraction of sp³-hybridized carbons (Fsp3) is 0.682. The van der Waals surface area contributed by atoms with Gasteiger partial charge in [0.05, 0.1) is 0 Å². The van der Waals surface area contributed by atoms with Gasteiger partial charge < -0.3 is 0 Å². The summed E-state index contributed by atoms with van der Waals surface area (Å²) in [5, 5.41) is 8.82. The predicted octanol–water partition coefficient (Wildman–Crippen LogP) is 6.57. The van der Waals surface area contributed by atoms with Gasteiger partial charge in [-0.05, 0) is 85.8 Å². The molecule has 0 aliphatic heterocycles. The maximum atomic E-state index is 13.9. The van der Waals surface area contributed by atoms with E-state index in [1.807, 2.05) is 0 Å². The third kappa shape index (κ3) is 4.05. The van der Waals surface area contributed by atoms with Crippen LogP contribution in [0.4, 0.5) is 8.78 Å². The van der Waals surface area contributed by atoms with E-state index in [9.17, 15) is 8.78 Å². The van der Waals surface area contributed by atoms with Gasteiger partial charge in [-0.2, -0.15) is 5.26 Å². The lowest BCUT2D eigenvalue weighted by Gasteiger charge is -2.39. The van der Waals surface area contributed by atoms with Crippen molar-refractivity contribution < 1.29 is 8.78 Å². The molecule has 1 aromatic carbocycles. The van der Waals surface area contributed by atoms with E-state index in [4.69, 9.17) is 5.26 Å². The van der Waals surface area contributed by atoms with Crippen LogP contribution in [0.25, 0.3) is 0 Å². The minimum Gasteiger partial charge on any atom is -0.205 e. The summed E-state index contributed by atoms with van der Waals surface area (Å²) in [4.78, 5) is 0. The Hall–Kier alpha value is -1.43. The summed E-state index contributed by atoms with van der Waals surface area (Å²) in [5.74, 6) is 1.83. The van der Waals surface area contributed by atoms with Crippen molar-refractivity contribution in [3.63, 3.8) is 0 Å². The minimum absolute atomic E-state index is 0.143. The molecule has 2 aliphatic carbocycles. The molecular formula is C22H29F2N. The van der Waals surface area contributed by atoms with Crippen LogP contribution in [0.5, 0.6) is 0 Å². The normalized spacial score (nSPS) is 31.3. The highest BCUT2D eigenvalue weighted by Crippen LogP contribution is 2.44. The Morgan fingerprint density at radius 2 is 1.40 bits per heavy atom. The molecule has 1 unspecified atom stereocenters. The lowest BCUT2D eigenvalue weighted by molar-refractivity contribution is 0.143. The van der Waals surface area contributed by atoms with Gasteiger partial charge in [0, 0.05) is 0 Å². The van der Waals surface area contributed by atoms with Crippen molar-refractivity contribution in [1.82, 2.24) is 0 Å². The van der Waals surface area contributed by atoms with Gasteiger partial charge in [-0.3, -0.25) is 0 Å². The zero-order valence-corrected chi connectivity index (χ0v) is 15.4. The highest BCUT2D eigenvalue weighted by atomic mass is 19.1. The molecule has 1 aromatic rings. The largest absolute Gasteiger partial charge is 0.205 e. The van der Waals surface area contributed by atoms with E-state index in [1.54, 1.807) is 6.07 Å². The van der Waals surface area contributed by atoms with Crippen molar-refractivity contribution >= 4 is 0 Å². The molecule has 0 bridgehead atoms. The molecule has 0 radical (unpaired) electrons. The van der Waals surface area contributed by atoms with Crippen LogP contribution in [0.1, 0.15) is 82.3 Å². The molecule has 2 aliphatic rings. The number of hydrogen-bond donors (Lipinski definition) is 0. The van der Waals surface area contributed by atoms with Crippen LogP contribution in [-0.4, -0.2) is 0 Å². The lowest BCUT2D eigenvalue weighted by Crippen LogP contribution is -2.26. The Bertz CT molecular complexity index is 609. The molecule has 0 aromatic heterocycles. The maximum Gasteiger partial charge on any atom is 0.144 e. The van der Waals surface area contributed by atoms with E-state index in [0.717, 1.165) is 30.6 Å². The third-order valence-electron chi connectivity index (χ3n) is 6.95. The maximum absolute atomic E-state index is 13.9. The highest BCUT2D eigenvalue weighted by Gasteiger charge is 2.32. The Kier molecular flexibility index (Phi) is 5.77. The molecule has 3 rings (SSSR count). The predicted molar refractivity (Wildman–Crippen MR) is 96.1 cm³/mol. The van der Waals surface area contributed by atoms with Gasteiger partial charge in [0.25, 0.3) is 0 Å². The third-order valence-corrected chi connectivity index (χ3v) is 6.95. The molecule has 0 heterocycles. The van der Waals surface area contributed by atoms with Crippen LogP contribution in [0.15, 0.2) is 12.1 Å². The standard InChI is InChI=1S/C22H29F2N/c1-14-3-5-17(6-4-14)18-9-7-16(8-10-18)15(2)19-11-21(23)20(13-25)22(24)12-19/h11-12,14-18H,3-10H2,1-2H3. The molecule has 0 N–H and O–H groups in total. The van der Waals surface area contributed by atoms with E-state index in [-0.39, 0.29) is 5.92 Å². The molecule has 2 saturated carbocycles. The topological polar surface area (TPSA) is 23.8 Å². The fourth-order valence-corrected chi connectivity index (χ4v) is 5.11. The van der Waals surface area contributed by atoms with Crippen molar-refractivity contribution in [3.8, 4) is 6.07 Å². The Balaban J connectivity index is 1.60. The van der Waals surface area contributed by atoms with Gasteiger partial charge >= 0.3 is 0 Å². The second-order valence-electron chi connectivity index (χ2n) is 8.45. The molecule has 2 fully saturated rings. The quantitative estimate of drug-likeness (QED) is 0.607. The number of nitrogens with zero attached hydrogens (tertiary/aromatic N) is 1. The van der Waals surface area contributed by atoms with Crippen LogP contribution in [0.3, 0.4) is 0 Å². The molecule has 1 nitrogen and oxygen atoms in total. The van der Waals surface area contributed by atoms with Crippen LogP contribution in [0, 0.1) is 46.6 Å². The molecule has 0 spiro atoms. The summed E-state index contributed by atoms with van der Waals surface area (Å²) in [6, 6.07) is 4.33. The second kappa shape index (κ2) is 7.85. The molecule has 0 saturated heterocycles. The van der Waals surface area contributed by atoms with Gasteiger partial charge in [-0.15, -0.1) is 0 Å². The van der Waals surface area contributed by atoms with E-state index in [0.29, 0.717) is 11.5 Å². The first-order valence-electron chi connectivity index (χ1n) is 9.88. The van der Waals surface area contributed by atoms with Crippen molar-refractivity contribution in [2.45, 2.75) is 71.1 Å². The monoisotopic (exact) mass is 345 g/mol. The molecule has 25 heavy (non-hydrogen) atoms. The molecule has 1 atom stereocenters. The van der Waals surface area contributed by atoms with Gasteiger partial charge in [-0.25, -0.2) is 8.78 Å². The summed E-state index contributed by atoms with van der Waals surface area (Å²) in [6.45, 7) is 4.44. The van der Waals surface area contributed by atoms with Crippen LogP contribution in [-0.2, 0) is 0 Å². The van der Waals surface area contributed by atoms with Crippen molar-refractivity contribution in [2.24, 2.45) is 23.7 Å². The average molecular weight is 345 g/mol. The minimum atomic E-state index is -0.727. The summed E-state index contributed by atoms with van der Waals surface area (Å²) < 4.78 is 27.8. The number of hydrogen-bond acceptors (Lipinski definition) is 1. The highest BCUT2D eigenvalue weighted by molar-refractivity contribution is 5.36. The lowest BCUT2D eigenvalue weighted by atomic mass is 9.67. The zero-order chi connectivity index (χ0) is 18.0. The van der Waals surface area contributed by atoms with Gasteiger partial charge in [0.15, 0.2) is 0 Å². The molecule has 0 amide bonds. The van der Waals surface area contributed by atoms with Crippen molar-refractivity contribution in [2.75, 3.05) is 0 Å². The molecular weight excluding hydrogens is 316 g/mol. The Morgan fingerprint density at radius 1 is 0.920 bits per heavy atom. The Labute approximate surface area is 150 Å². The van der Waals surface area contributed by atoms with E-state index in [2.05, 4.69) is 13.8 Å². The molecule has 136 valence electrons. The van der Waals surface area contributed by atoms with Crippen LogP contribution in [0.2, 0.25) is 0 Å². The van der Waals surface area contributed by atoms with E-state index in [1.165, 1.54) is 50.7 Å². The zero-order valence-electron chi connectivity index (χ0n) is 15.4. The Morgan fingerprint density at radius 3 is 1.88 bits per heavy atom. The van der Waals surface area contributed by atoms with Crippen LogP contribution < -0.4 is 0 Å². The second-order valence-corrected chi connectivity index (χ2v) is 8.45. The molecule has 3 heteroatoms. The number of rotatable bonds is 3. The number of halogens is 2. The number of benzene rings is 1. The van der Waals surface area contributed by atoms with Gasteiger partial charge in [-0.1, -0.05) is 26.7 Å². The first kappa shape index (κ1) is 18.4. The number of nitriles is 1. The summed E-state index contributed by atoms with van der Waals surface area (Å²) >= 11 is 0. The summed E-state index contributed by atoms with van der Waals surface area (Å²) in [7, 11) is 0. The summed E-state index contributed by atoms with van der Waals surface area (Å²) in [5.41, 5.74) is 0.232. The smallest absolute Gasteiger partial charge is 0.144 e. The van der Waals surface area contributed by atoms with Crippen molar-refractivity contribution in [3.05, 3.63) is 34.9 Å². The first-order chi connectivity index (χ1) is 12.0. The van der Waals surface area contributed by atoms with E-state index < -0.39 is 17.2 Å². The van der Waals surface area contributed by atoms with Gasteiger partial charge in [0.1, 0.15) is 23.3 Å². The SMILES string of the molecule is CC1CCC(C2CCC(C(C)c3cc(F)c(C#N)c(F)c3)CC2)CC1. The van der Waals surface area contributed by atoms with Gasteiger partial charge in [0.2, 0.25) is 0 Å². The van der Waals surface area contributed by atoms with Crippen LogP contribution >= 0.6 is 0 Å². The fourth-order valence-electron chi connectivity index (χ4n) is 5.11. The average Bonchev–Trinajstić information content (AvgIpc) is 2.61.